The molecule has 0 aliphatic carbocycles. The SMILES string of the molecule is O=C(COc1ccccc1F)Nc1cccc(-c2nnc3n2CCCCC3)c1. The molecule has 1 aromatic heterocycles. The quantitative estimate of drug-likeness (QED) is 0.730. The number of carbonyl (C=O) groups is 1. The Labute approximate surface area is 162 Å². The monoisotopic (exact) mass is 380 g/mol. The van der Waals surface area contributed by atoms with Crippen LogP contribution in [0, 0.1) is 5.82 Å². The lowest BCUT2D eigenvalue weighted by molar-refractivity contribution is -0.118. The molecule has 1 N–H and O–H groups in total. The van der Waals surface area contributed by atoms with E-state index in [0.717, 1.165) is 43.0 Å². The second kappa shape index (κ2) is 8.21. The van der Waals surface area contributed by atoms with Crippen LogP contribution < -0.4 is 10.1 Å². The number of benzene rings is 2. The van der Waals surface area contributed by atoms with Gasteiger partial charge in [0.1, 0.15) is 5.82 Å². The fourth-order valence-corrected chi connectivity index (χ4v) is 3.34. The van der Waals surface area contributed by atoms with E-state index in [9.17, 15) is 9.18 Å². The van der Waals surface area contributed by atoms with Crippen molar-refractivity contribution < 1.29 is 13.9 Å². The average Bonchev–Trinajstić information content (AvgIpc) is 2.96. The largest absolute Gasteiger partial charge is 0.481 e. The lowest BCUT2D eigenvalue weighted by Gasteiger charge is -2.10. The molecule has 28 heavy (non-hydrogen) atoms. The van der Waals surface area contributed by atoms with Gasteiger partial charge in [-0.3, -0.25) is 4.79 Å². The summed E-state index contributed by atoms with van der Waals surface area (Å²) in [6, 6.07) is 13.5. The molecule has 0 saturated heterocycles. The highest BCUT2D eigenvalue weighted by molar-refractivity contribution is 5.92. The Balaban J connectivity index is 1.45. The van der Waals surface area contributed by atoms with Gasteiger partial charge in [-0.05, 0) is 37.1 Å². The summed E-state index contributed by atoms with van der Waals surface area (Å²) in [5, 5.41) is 11.5. The Morgan fingerprint density at radius 3 is 2.89 bits per heavy atom. The van der Waals surface area contributed by atoms with Crippen LogP contribution in [0.25, 0.3) is 11.4 Å². The summed E-state index contributed by atoms with van der Waals surface area (Å²) < 4.78 is 21.0. The maximum absolute atomic E-state index is 13.6. The lowest BCUT2D eigenvalue weighted by Crippen LogP contribution is -2.20. The number of amides is 1. The van der Waals surface area contributed by atoms with Crippen LogP contribution in [0.4, 0.5) is 10.1 Å². The van der Waals surface area contributed by atoms with Gasteiger partial charge in [-0.25, -0.2) is 4.39 Å². The number of aromatic nitrogens is 3. The number of hydrogen-bond acceptors (Lipinski definition) is 4. The first kappa shape index (κ1) is 18.2. The number of fused-ring (bicyclic) bond motifs is 1. The number of aryl methyl sites for hydroxylation is 1. The highest BCUT2D eigenvalue weighted by atomic mass is 19.1. The van der Waals surface area contributed by atoms with E-state index in [1.54, 1.807) is 18.2 Å². The summed E-state index contributed by atoms with van der Waals surface area (Å²) in [4.78, 5) is 12.2. The number of rotatable bonds is 5. The van der Waals surface area contributed by atoms with E-state index in [2.05, 4.69) is 20.1 Å². The number of hydrogen-bond donors (Lipinski definition) is 1. The van der Waals surface area contributed by atoms with Crippen molar-refractivity contribution in [3.63, 3.8) is 0 Å². The van der Waals surface area contributed by atoms with Crippen molar-refractivity contribution in [1.29, 1.82) is 0 Å². The van der Waals surface area contributed by atoms with Gasteiger partial charge in [0.15, 0.2) is 24.0 Å². The van der Waals surface area contributed by atoms with Crippen LogP contribution in [0.15, 0.2) is 48.5 Å². The van der Waals surface area contributed by atoms with Crippen LogP contribution in [0.3, 0.4) is 0 Å². The molecule has 0 atom stereocenters. The number of ether oxygens (including phenoxy) is 1. The van der Waals surface area contributed by atoms with Crippen molar-refractivity contribution in [2.45, 2.75) is 32.2 Å². The molecule has 0 radical (unpaired) electrons. The van der Waals surface area contributed by atoms with Crippen molar-refractivity contribution in [2.75, 3.05) is 11.9 Å². The molecule has 144 valence electrons. The summed E-state index contributed by atoms with van der Waals surface area (Å²) in [5.41, 5.74) is 1.53. The Hall–Kier alpha value is -3.22. The summed E-state index contributed by atoms with van der Waals surface area (Å²) in [6.45, 7) is 0.635. The van der Waals surface area contributed by atoms with E-state index in [0.29, 0.717) is 5.69 Å². The van der Waals surface area contributed by atoms with Gasteiger partial charge in [0, 0.05) is 24.2 Å². The van der Waals surface area contributed by atoms with Gasteiger partial charge < -0.3 is 14.6 Å². The van der Waals surface area contributed by atoms with E-state index in [1.165, 1.54) is 18.6 Å². The molecule has 1 amide bonds. The van der Waals surface area contributed by atoms with Crippen LogP contribution in [-0.4, -0.2) is 27.3 Å². The van der Waals surface area contributed by atoms with E-state index >= 15 is 0 Å². The summed E-state index contributed by atoms with van der Waals surface area (Å²) in [7, 11) is 0. The molecule has 1 aliphatic heterocycles. The van der Waals surface area contributed by atoms with Gasteiger partial charge in [0.2, 0.25) is 0 Å². The van der Waals surface area contributed by atoms with E-state index < -0.39 is 5.82 Å². The first-order valence-corrected chi connectivity index (χ1v) is 9.40. The standard InChI is InChI=1S/C21H21FN4O2/c22-17-9-3-4-10-18(17)28-14-20(27)23-16-8-6-7-15(13-16)21-25-24-19-11-2-1-5-12-26(19)21/h3-4,6-10,13H,1-2,5,11-12,14H2,(H,23,27). The predicted octanol–water partition coefficient (Wildman–Crippen LogP) is 3.83. The Kier molecular flexibility index (Phi) is 5.32. The molecule has 7 heteroatoms. The fraction of sp³-hybridized carbons (Fsp3) is 0.286. The van der Waals surface area contributed by atoms with E-state index in [1.807, 2.05) is 18.2 Å². The maximum atomic E-state index is 13.6. The van der Waals surface area contributed by atoms with Gasteiger partial charge in [0.05, 0.1) is 0 Å². The zero-order valence-corrected chi connectivity index (χ0v) is 15.4. The van der Waals surface area contributed by atoms with Gasteiger partial charge in [0.25, 0.3) is 5.91 Å². The highest BCUT2D eigenvalue weighted by Gasteiger charge is 2.16. The number of carbonyl (C=O) groups excluding carboxylic acids is 1. The number of halogens is 1. The molecular weight excluding hydrogens is 359 g/mol. The first-order chi connectivity index (χ1) is 13.7. The minimum Gasteiger partial charge on any atom is -0.481 e. The number of nitrogens with one attached hydrogen (secondary N) is 1. The number of anilines is 1. The molecule has 6 nitrogen and oxygen atoms in total. The van der Waals surface area contributed by atoms with Crippen LogP contribution in [0.1, 0.15) is 25.1 Å². The molecule has 2 heterocycles. The molecular formula is C21H21FN4O2. The third kappa shape index (κ3) is 4.03. The summed E-state index contributed by atoms with van der Waals surface area (Å²) >= 11 is 0. The smallest absolute Gasteiger partial charge is 0.262 e. The summed E-state index contributed by atoms with van der Waals surface area (Å²) in [6.07, 6.45) is 4.38. The molecule has 0 saturated carbocycles. The van der Waals surface area contributed by atoms with Crippen LogP contribution in [0.5, 0.6) is 5.75 Å². The van der Waals surface area contributed by atoms with Crippen molar-refractivity contribution >= 4 is 11.6 Å². The topological polar surface area (TPSA) is 69.0 Å². The predicted molar refractivity (Wildman–Crippen MR) is 104 cm³/mol. The second-order valence-electron chi connectivity index (χ2n) is 6.75. The zero-order chi connectivity index (χ0) is 19.3. The normalized spacial score (nSPS) is 13.5. The highest BCUT2D eigenvalue weighted by Crippen LogP contribution is 2.25. The second-order valence-corrected chi connectivity index (χ2v) is 6.75. The van der Waals surface area contributed by atoms with Crippen molar-refractivity contribution in [2.24, 2.45) is 0 Å². The molecule has 3 aromatic rings. The van der Waals surface area contributed by atoms with Crippen molar-refractivity contribution in [1.82, 2.24) is 14.8 Å². The number of para-hydroxylation sites is 1. The minimum atomic E-state index is -0.496. The fourth-order valence-electron chi connectivity index (χ4n) is 3.34. The first-order valence-electron chi connectivity index (χ1n) is 9.40. The van der Waals surface area contributed by atoms with E-state index in [-0.39, 0.29) is 18.3 Å². The molecule has 2 aromatic carbocycles. The van der Waals surface area contributed by atoms with Crippen LogP contribution >= 0.6 is 0 Å². The van der Waals surface area contributed by atoms with Gasteiger partial charge in [-0.2, -0.15) is 0 Å². The van der Waals surface area contributed by atoms with Crippen molar-refractivity contribution in [3.05, 3.63) is 60.2 Å². The van der Waals surface area contributed by atoms with E-state index in [4.69, 9.17) is 4.74 Å². The Bertz CT molecular complexity index is 986. The zero-order valence-electron chi connectivity index (χ0n) is 15.4. The van der Waals surface area contributed by atoms with Gasteiger partial charge in [-0.1, -0.05) is 30.7 Å². The molecule has 1 aliphatic rings. The van der Waals surface area contributed by atoms with Gasteiger partial charge in [-0.15, -0.1) is 10.2 Å². The summed E-state index contributed by atoms with van der Waals surface area (Å²) in [5.74, 6) is 1.03. The Morgan fingerprint density at radius 2 is 2.00 bits per heavy atom. The molecule has 0 bridgehead atoms. The molecule has 0 unspecified atom stereocenters. The molecule has 4 rings (SSSR count). The maximum Gasteiger partial charge on any atom is 0.262 e. The Morgan fingerprint density at radius 1 is 1.11 bits per heavy atom. The third-order valence-electron chi connectivity index (χ3n) is 4.71. The minimum absolute atomic E-state index is 0.0533. The third-order valence-corrected chi connectivity index (χ3v) is 4.71. The number of nitrogens with zero attached hydrogens (tertiary/aromatic N) is 3. The molecule has 0 spiro atoms. The van der Waals surface area contributed by atoms with Crippen LogP contribution in [0.2, 0.25) is 0 Å². The molecule has 0 fully saturated rings. The average molecular weight is 380 g/mol. The van der Waals surface area contributed by atoms with Crippen molar-refractivity contribution in [3.8, 4) is 17.1 Å². The van der Waals surface area contributed by atoms with Gasteiger partial charge >= 0.3 is 0 Å². The lowest BCUT2D eigenvalue weighted by atomic mass is 10.2. The van der Waals surface area contributed by atoms with Crippen LogP contribution in [-0.2, 0) is 17.8 Å².